The molecule has 0 aromatic heterocycles. The second-order valence-electron chi connectivity index (χ2n) is 11.0. The number of hydrogen-bond donors (Lipinski definition) is 0. The lowest BCUT2D eigenvalue weighted by Crippen LogP contribution is -2.17. The molecule has 0 radical (unpaired) electrons. The summed E-state index contributed by atoms with van der Waals surface area (Å²) >= 11 is 0. The van der Waals surface area contributed by atoms with Crippen LogP contribution in [-0.2, 0) is 0 Å². The quantitative estimate of drug-likeness (QED) is 0.386. The van der Waals surface area contributed by atoms with Crippen molar-refractivity contribution < 1.29 is 0 Å². The summed E-state index contributed by atoms with van der Waals surface area (Å²) < 4.78 is 0. The zero-order chi connectivity index (χ0) is 21.5. The summed E-state index contributed by atoms with van der Waals surface area (Å²) in [5.41, 5.74) is 4.89. The predicted molar refractivity (Wildman–Crippen MR) is 136 cm³/mol. The molecule has 1 aromatic carbocycles. The summed E-state index contributed by atoms with van der Waals surface area (Å²) in [7, 11) is 0. The molecule has 0 heterocycles. The van der Waals surface area contributed by atoms with Gasteiger partial charge in [0.1, 0.15) is 0 Å². The van der Waals surface area contributed by atoms with Gasteiger partial charge in [-0.25, -0.2) is 0 Å². The summed E-state index contributed by atoms with van der Waals surface area (Å²) in [5, 5.41) is 0. The van der Waals surface area contributed by atoms with Gasteiger partial charge in [-0.15, -0.1) is 6.58 Å². The summed E-state index contributed by atoms with van der Waals surface area (Å²) in [6.07, 6.45) is 26.0. The molecule has 0 N–H and O–H groups in total. The van der Waals surface area contributed by atoms with Gasteiger partial charge in [-0.1, -0.05) is 75.4 Å². The van der Waals surface area contributed by atoms with Gasteiger partial charge in [0.2, 0.25) is 0 Å². The van der Waals surface area contributed by atoms with Gasteiger partial charge in [-0.2, -0.15) is 0 Å². The third-order valence-electron chi connectivity index (χ3n) is 8.85. The van der Waals surface area contributed by atoms with Gasteiger partial charge in [0.05, 0.1) is 0 Å². The lowest BCUT2D eigenvalue weighted by Gasteiger charge is -2.32. The molecular weight excluding hydrogens is 372 g/mol. The van der Waals surface area contributed by atoms with Gasteiger partial charge >= 0.3 is 0 Å². The van der Waals surface area contributed by atoms with E-state index in [4.69, 9.17) is 0 Å². The van der Waals surface area contributed by atoms with E-state index >= 15 is 0 Å². The first kappa shape index (κ1) is 22.9. The topological polar surface area (TPSA) is 0 Å². The van der Waals surface area contributed by atoms with Gasteiger partial charge in [0.15, 0.2) is 0 Å². The van der Waals surface area contributed by atoms with Gasteiger partial charge in [-0.05, 0) is 110 Å². The molecule has 0 unspecified atom stereocenters. The molecule has 31 heavy (non-hydrogen) atoms. The first-order valence-corrected chi connectivity index (χ1v) is 13.7. The maximum absolute atomic E-state index is 4.04. The molecule has 0 aliphatic heterocycles. The van der Waals surface area contributed by atoms with E-state index in [0.29, 0.717) is 0 Å². The Morgan fingerprint density at radius 2 is 1.61 bits per heavy atom. The maximum atomic E-state index is 4.04. The van der Waals surface area contributed by atoms with Crippen LogP contribution in [0.15, 0.2) is 43.0 Å². The Labute approximate surface area is 192 Å². The Morgan fingerprint density at radius 1 is 0.871 bits per heavy atom. The first-order valence-electron chi connectivity index (χ1n) is 13.7. The minimum atomic E-state index is 0.750. The Balaban J connectivity index is 1.54. The van der Waals surface area contributed by atoms with Gasteiger partial charge in [-0.3, -0.25) is 0 Å². The molecule has 0 atom stereocenters. The molecule has 0 heteroatoms. The van der Waals surface area contributed by atoms with Crippen molar-refractivity contribution in [2.75, 3.05) is 0 Å². The molecule has 3 aliphatic carbocycles. The zero-order valence-electron chi connectivity index (χ0n) is 20.2. The van der Waals surface area contributed by atoms with Crippen LogP contribution in [0.1, 0.15) is 120 Å². The van der Waals surface area contributed by atoms with Gasteiger partial charge in [0.25, 0.3) is 0 Å². The molecular formula is C31H46. The van der Waals surface area contributed by atoms with E-state index in [2.05, 4.69) is 49.9 Å². The number of allylic oxidation sites excluding steroid dienone is 3. The van der Waals surface area contributed by atoms with Crippen molar-refractivity contribution >= 4 is 5.57 Å². The third-order valence-corrected chi connectivity index (χ3v) is 8.85. The molecule has 0 nitrogen and oxygen atoms in total. The maximum Gasteiger partial charge on any atom is -0.0159 e. The Hall–Kier alpha value is -1.30. The van der Waals surface area contributed by atoms with E-state index in [9.17, 15) is 0 Å². The average Bonchev–Trinajstić information content (AvgIpc) is 2.84. The fraction of sp³-hybridized carbons (Fsp3) is 0.677. The van der Waals surface area contributed by atoms with E-state index < -0.39 is 0 Å². The first-order chi connectivity index (χ1) is 15.3. The Kier molecular flexibility index (Phi) is 8.51. The van der Waals surface area contributed by atoms with Crippen molar-refractivity contribution in [3.05, 3.63) is 54.1 Å². The fourth-order valence-electron chi connectivity index (χ4n) is 6.85. The smallest absolute Gasteiger partial charge is 0.0159 e. The molecule has 0 bridgehead atoms. The molecule has 4 rings (SSSR count). The summed E-state index contributed by atoms with van der Waals surface area (Å²) in [4.78, 5) is 0. The van der Waals surface area contributed by atoms with Crippen LogP contribution in [0.25, 0.3) is 5.57 Å². The highest BCUT2D eigenvalue weighted by Gasteiger charge is 2.26. The second-order valence-corrected chi connectivity index (χ2v) is 11.0. The highest BCUT2D eigenvalue weighted by molar-refractivity contribution is 5.68. The second kappa shape index (κ2) is 11.5. The summed E-state index contributed by atoms with van der Waals surface area (Å²) in [5.74, 6) is 4.11. The van der Waals surface area contributed by atoms with Crippen molar-refractivity contribution in [2.45, 2.75) is 109 Å². The molecule has 170 valence electrons. The minimum absolute atomic E-state index is 0.750. The van der Waals surface area contributed by atoms with E-state index in [0.717, 1.165) is 29.6 Å². The van der Waals surface area contributed by atoms with E-state index in [1.54, 1.807) is 16.7 Å². The zero-order valence-corrected chi connectivity index (χ0v) is 20.2. The summed E-state index contributed by atoms with van der Waals surface area (Å²) in [6.45, 7) is 6.39. The molecule has 3 aliphatic rings. The Morgan fingerprint density at radius 3 is 2.29 bits per heavy atom. The lowest BCUT2D eigenvalue weighted by molar-refractivity contribution is 0.298. The highest BCUT2D eigenvalue weighted by atomic mass is 14.3. The SMILES string of the molecule is C=CC1CCC(c2cccc(C(=CC3CCCCC3)C3CCC(CCC)CC3)c2)CC1. The van der Waals surface area contributed by atoms with Crippen LogP contribution in [0.2, 0.25) is 0 Å². The van der Waals surface area contributed by atoms with Crippen molar-refractivity contribution in [3.63, 3.8) is 0 Å². The molecule has 3 fully saturated rings. The van der Waals surface area contributed by atoms with Crippen LogP contribution in [0.3, 0.4) is 0 Å². The van der Waals surface area contributed by atoms with Crippen LogP contribution in [0, 0.1) is 23.7 Å². The van der Waals surface area contributed by atoms with Crippen LogP contribution >= 0.6 is 0 Å². The van der Waals surface area contributed by atoms with E-state index in [1.165, 1.54) is 96.3 Å². The van der Waals surface area contributed by atoms with Crippen LogP contribution in [-0.4, -0.2) is 0 Å². The van der Waals surface area contributed by atoms with E-state index in [1.807, 2.05) is 0 Å². The molecule has 1 aromatic rings. The number of benzene rings is 1. The van der Waals surface area contributed by atoms with E-state index in [-0.39, 0.29) is 0 Å². The molecule has 0 saturated heterocycles. The highest BCUT2D eigenvalue weighted by Crippen LogP contribution is 2.42. The monoisotopic (exact) mass is 418 g/mol. The molecule has 3 saturated carbocycles. The van der Waals surface area contributed by atoms with Crippen LogP contribution in [0.4, 0.5) is 0 Å². The normalized spacial score (nSPS) is 30.8. The predicted octanol–water partition coefficient (Wildman–Crippen LogP) is 9.72. The number of rotatable bonds is 7. The third kappa shape index (κ3) is 6.15. The van der Waals surface area contributed by atoms with Crippen molar-refractivity contribution in [1.29, 1.82) is 0 Å². The fourth-order valence-corrected chi connectivity index (χ4v) is 6.85. The van der Waals surface area contributed by atoms with Crippen molar-refractivity contribution in [1.82, 2.24) is 0 Å². The lowest BCUT2D eigenvalue weighted by atomic mass is 9.73. The minimum Gasteiger partial charge on any atom is -0.103 e. The van der Waals surface area contributed by atoms with Gasteiger partial charge < -0.3 is 0 Å². The van der Waals surface area contributed by atoms with Crippen LogP contribution in [0.5, 0.6) is 0 Å². The van der Waals surface area contributed by atoms with Gasteiger partial charge in [0, 0.05) is 0 Å². The van der Waals surface area contributed by atoms with Crippen molar-refractivity contribution in [3.8, 4) is 0 Å². The average molecular weight is 419 g/mol. The number of hydrogen-bond acceptors (Lipinski definition) is 0. The van der Waals surface area contributed by atoms with Crippen LogP contribution < -0.4 is 0 Å². The largest absolute Gasteiger partial charge is 0.103 e. The van der Waals surface area contributed by atoms with Crippen molar-refractivity contribution in [2.24, 2.45) is 23.7 Å². The Bertz CT molecular complexity index is 703. The molecule has 0 amide bonds. The molecule has 0 spiro atoms. The summed E-state index contributed by atoms with van der Waals surface area (Å²) in [6, 6.07) is 9.82. The standard InChI is InChI=1S/C31H46/c1-3-9-25-16-20-28(21-17-25)31(22-26-10-6-5-7-11-26)30-13-8-12-29(23-30)27-18-14-24(4-2)15-19-27/h4,8,12-13,22-28H,2-3,5-7,9-11,14-21H2,1H3.